The van der Waals surface area contributed by atoms with Gasteiger partial charge in [-0.3, -0.25) is 4.79 Å². The predicted octanol–water partition coefficient (Wildman–Crippen LogP) is 1.60. The van der Waals surface area contributed by atoms with Gasteiger partial charge in [0, 0.05) is 30.9 Å². The van der Waals surface area contributed by atoms with Crippen molar-refractivity contribution in [3.05, 3.63) is 18.2 Å². The fraction of sp³-hybridized carbons (Fsp3) is 0.667. The topological polar surface area (TPSA) is 60.9 Å². The molecule has 0 aliphatic heterocycles. The number of nitrogens with zero attached hydrogens (tertiary/aromatic N) is 2. The molecule has 0 saturated heterocycles. The summed E-state index contributed by atoms with van der Waals surface area (Å²) in [5.41, 5.74) is 5.83. The molecule has 1 aliphatic carbocycles. The second-order valence-electron chi connectivity index (χ2n) is 4.58. The third kappa shape index (κ3) is 2.16. The molecule has 1 heterocycles. The molecule has 88 valence electrons. The molecule has 2 rings (SSSR count). The van der Waals surface area contributed by atoms with Crippen LogP contribution in [-0.2, 0) is 6.54 Å². The fourth-order valence-electron chi connectivity index (χ4n) is 2.39. The highest BCUT2D eigenvalue weighted by atomic mass is 16.1. The summed E-state index contributed by atoms with van der Waals surface area (Å²) in [5.74, 6) is 0.875. The van der Waals surface area contributed by atoms with Crippen LogP contribution < -0.4 is 5.73 Å². The molecule has 0 spiro atoms. The average Bonchev–Trinajstić information content (AvgIpc) is 2.87. The Bertz CT molecular complexity index is 372. The number of ketones is 1. The van der Waals surface area contributed by atoms with Gasteiger partial charge >= 0.3 is 0 Å². The van der Waals surface area contributed by atoms with Crippen LogP contribution in [0.25, 0.3) is 0 Å². The van der Waals surface area contributed by atoms with Crippen molar-refractivity contribution in [2.75, 3.05) is 0 Å². The molecule has 2 N–H and O–H groups in total. The molecule has 2 unspecified atom stereocenters. The highest BCUT2D eigenvalue weighted by Crippen LogP contribution is 2.27. The van der Waals surface area contributed by atoms with Gasteiger partial charge in [0.2, 0.25) is 5.78 Å². The Morgan fingerprint density at radius 3 is 3.06 bits per heavy atom. The summed E-state index contributed by atoms with van der Waals surface area (Å²) in [4.78, 5) is 16.4. The van der Waals surface area contributed by atoms with Gasteiger partial charge in [-0.1, -0.05) is 6.92 Å². The Kier molecular flexibility index (Phi) is 3.39. The third-order valence-corrected chi connectivity index (χ3v) is 3.24. The molecule has 0 bridgehead atoms. The van der Waals surface area contributed by atoms with Gasteiger partial charge in [-0.05, 0) is 25.7 Å². The van der Waals surface area contributed by atoms with Gasteiger partial charge in [-0.2, -0.15) is 0 Å². The van der Waals surface area contributed by atoms with Crippen molar-refractivity contribution >= 4 is 5.78 Å². The quantitative estimate of drug-likeness (QED) is 0.786. The summed E-state index contributed by atoms with van der Waals surface area (Å²) in [6.07, 6.45) is 7.30. The van der Waals surface area contributed by atoms with E-state index in [-0.39, 0.29) is 17.7 Å². The molecule has 0 amide bonds. The van der Waals surface area contributed by atoms with Crippen molar-refractivity contribution in [1.82, 2.24) is 9.55 Å². The fourth-order valence-corrected chi connectivity index (χ4v) is 2.39. The van der Waals surface area contributed by atoms with E-state index in [2.05, 4.69) is 11.9 Å². The van der Waals surface area contributed by atoms with Gasteiger partial charge in [0.05, 0.1) is 0 Å². The summed E-state index contributed by atoms with van der Waals surface area (Å²) in [6, 6.07) is 0.198. The number of hydrogen-bond acceptors (Lipinski definition) is 3. The second kappa shape index (κ2) is 4.78. The zero-order chi connectivity index (χ0) is 11.5. The van der Waals surface area contributed by atoms with Crippen LogP contribution in [-0.4, -0.2) is 21.4 Å². The summed E-state index contributed by atoms with van der Waals surface area (Å²) >= 11 is 0. The van der Waals surface area contributed by atoms with Crippen LogP contribution in [0.2, 0.25) is 0 Å². The molecular weight excluding hydrogens is 202 g/mol. The number of aryl methyl sites for hydroxylation is 1. The van der Waals surface area contributed by atoms with E-state index in [1.807, 2.05) is 10.8 Å². The third-order valence-electron chi connectivity index (χ3n) is 3.24. The number of hydrogen-bond donors (Lipinski definition) is 1. The molecule has 2 atom stereocenters. The zero-order valence-corrected chi connectivity index (χ0v) is 9.72. The lowest BCUT2D eigenvalue weighted by atomic mass is 10.0. The van der Waals surface area contributed by atoms with E-state index in [1.54, 1.807) is 6.20 Å². The van der Waals surface area contributed by atoms with E-state index >= 15 is 0 Å². The molecule has 16 heavy (non-hydrogen) atoms. The Balaban J connectivity index is 2.11. The Labute approximate surface area is 95.9 Å². The van der Waals surface area contributed by atoms with Crippen molar-refractivity contribution in [1.29, 1.82) is 0 Å². The molecule has 1 saturated carbocycles. The molecule has 0 radical (unpaired) electrons. The van der Waals surface area contributed by atoms with Crippen LogP contribution >= 0.6 is 0 Å². The average molecular weight is 221 g/mol. The van der Waals surface area contributed by atoms with Crippen molar-refractivity contribution in [3.8, 4) is 0 Å². The van der Waals surface area contributed by atoms with E-state index in [1.165, 1.54) is 0 Å². The smallest absolute Gasteiger partial charge is 0.201 e. The largest absolute Gasteiger partial charge is 0.329 e. The number of aromatic nitrogens is 2. The zero-order valence-electron chi connectivity index (χ0n) is 9.72. The maximum atomic E-state index is 12.2. The van der Waals surface area contributed by atoms with E-state index in [0.717, 1.165) is 32.2 Å². The van der Waals surface area contributed by atoms with Gasteiger partial charge in [0.25, 0.3) is 0 Å². The van der Waals surface area contributed by atoms with Crippen molar-refractivity contribution in [2.45, 2.75) is 45.2 Å². The number of Topliss-reactive ketones (excluding diaryl/α,β-unsaturated/α-hetero) is 1. The molecule has 0 aromatic carbocycles. The van der Waals surface area contributed by atoms with Gasteiger partial charge in [0.15, 0.2) is 5.82 Å². The molecule has 1 aromatic heterocycles. The maximum Gasteiger partial charge on any atom is 0.201 e. The van der Waals surface area contributed by atoms with E-state index < -0.39 is 0 Å². The van der Waals surface area contributed by atoms with Gasteiger partial charge in [-0.25, -0.2) is 4.98 Å². The Morgan fingerprint density at radius 1 is 1.62 bits per heavy atom. The Morgan fingerprint density at radius 2 is 2.44 bits per heavy atom. The van der Waals surface area contributed by atoms with Crippen LogP contribution in [0.3, 0.4) is 0 Å². The van der Waals surface area contributed by atoms with E-state index in [0.29, 0.717) is 5.82 Å². The van der Waals surface area contributed by atoms with E-state index in [9.17, 15) is 4.79 Å². The maximum absolute atomic E-state index is 12.2. The first kappa shape index (κ1) is 11.3. The summed E-state index contributed by atoms with van der Waals surface area (Å²) in [7, 11) is 0. The minimum Gasteiger partial charge on any atom is -0.329 e. The molecule has 1 fully saturated rings. The number of carbonyl (C=O) groups is 1. The normalized spacial score (nSPS) is 24.9. The minimum atomic E-state index is 0.0907. The predicted molar refractivity (Wildman–Crippen MR) is 62.2 cm³/mol. The van der Waals surface area contributed by atoms with Crippen LogP contribution in [0.5, 0.6) is 0 Å². The van der Waals surface area contributed by atoms with Crippen LogP contribution in [0, 0.1) is 5.92 Å². The SMILES string of the molecule is CCCn1ccnc1C(=O)C1CCC(N)C1. The number of carbonyl (C=O) groups excluding carboxylic acids is 1. The first-order valence-electron chi connectivity index (χ1n) is 6.03. The van der Waals surface area contributed by atoms with Gasteiger partial charge < -0.3 is 10.3 Å². The lowest BCUT2D eigenvalue weighted by Crippen LogP contribution is -2.20. The first-order chi connectivity index (χ1) is 7.72. The van der Waals surface area contributed by atoms with Crippen LogP contribution in [0.4, 0.5) is 0 Å². The summed E-state index contributed by atoms with van der Waals surface area (Å²) in [5, 5.41) is 0. The summed E-state index contributed by atoms with van der Waals surface area (Å²) in [6.45, 7) is 2.96. The summed E-state index contributed by atoms with van der Waals surface area (Å²) < 4.78 is 1.95. The van der Waals surface area contributed by atoms with Gasteiger partial charge in [-0.15, -0.1) is 0 Å². The van der Waals surface area contributed by atoms with E-state index in [4.69, 9.17) is 5.73 Å². The molecule has 4 nitrogen and oxygen atoms in total. The number of nitrogens with two attached hydrogens (primary N) is 1. The minimum absolute atomic E-state index is 0.0907. The monoisotopic (exact) mass is 221 g/mol. The standard InChI is InChI=1S/C12H19N3O/c1-2-6-15-7-5-14-12(15)11(16)9-3-4-10(13)8-9/h5,7,9-10H,2-4,6,8,13H2,1H3. The molecule has 1 aliphatic rings. The molecular formula is C12H19N3O. The molecule has 4 heteroatoms. The number of rotatable bonds is 4. The molecule has 1 aromatic rings. The van der Waals surface area contributed by atoms with Crippen molar-refractivity contribution in [2.24, 2.45) is 11.7 Å². The first-order valence-corrected chi connectivity index (χ1v) is 6.03. The van der Waals surface area contributed by atoms with Gasteiger partial charge in [0.1, 0.15) is 0 Å². The van der Waals surface area contributed by atoms with Crippen LogP contribution in [0.15, 0.2) is 12.4 Å². The van der Waals surface area contributed by atoms with Crippen molar-refractivity contribution in [3.63, 3.8) is 0 Å². The Hall–Kier alpha value is -1.16. The second-order valence-corrected chi connectivity index (χ2v) is 4.58. The highest BCUT2D eigenvalue weighted by Gasteiger charge is 2.30. The lowest BCUT2D eigenvalue weighted by Gasteiger charge is -2.10. The lowest BCUT2D eigenvalue weighted by molar-refractivity contribution is 0.0906. The van der Waals surface area contributed by atoms with Crippen molar-refractivity contribution < 1.29 is 4.79 Å². The number of imidazole rings is 1. The highest BCUT2D eigenvalue weighted by molar-refractivity contribution is 5.95. The van der Waals surface area contributed by atoms with Crippen LogP contribution in [0.1, 0.15) is 43.2 Å².